The minimum atomic E-state index is 0.478. The molecule has 1 unspecified atom stereocenters. The van der Waals surface area contributed by atoms with Gasteiger partial charge in [0.05, 0.1) is 11.9 Å². The number of aliphatic imine (C=N–C) groups is 1. The van der Waals surface area contributed by atoms with Crippen molar-refractivity contribution in [1.82, 2.24) is 4.90 Å². The van der Waals surface area contributed by atoms with E-state index in [2.05, 4.69) is 54.1 Å². The van der Waals surface area contributed by atoms with Crippen molar-refractivity contribution in [2.45, 2.75) is 32.7 Å². The molecule has 0 saturated heterocycles. The summed E-state index contributed by atoms with van der Waals surface area (Å²) in [5, 5.41) is 0. The van der Waals surface area contributed by atoms with E-state index < -0.39 is 0 Å². The summed E-state index contributed by atoms with van der Waals surface area (Å²) in [7, 11) is 0. The number of rotatable bonds is 4. The van der Waals surface area contributed by atoms with Gasteiger partial charge in [-0.05, 0) is 18.9 Å². The summed E-state index contributed by atoms with van der Waals surface area (Å²) in [6, 6.07) is 11.2. The highest BCUT2D eigenvalue weighted by Gasteiger charge is 2.19. The molecular formula is C14H20N2. The molecule has 0 spiro atoms. The first-order valence-corrected chi connectivity index (χ1v) is 6.15. The molecule has 0 fully saturated rings. The summed E-state index contributed by atoms with van der Waals surface area (Å²) < 4.78 is 0. The molecule has 0 amide bonds. The van der Waals surface area contributed by atoms with Gasteiger partial charge < -0.3 is 4.90 Å². The third-order valence-electron chi connectivity index (χ3n) is 3.05. The second kappa shape index (κ2) is 5.15. The first-order valence-electron chi connectivity index (χ1n) is 6.15. The Balaban J connectivity index is 1.89. The van der Waals surface area contributed by atoms with Gasteiger partial charge in [-0.15, -0.1) is 0 Å². The number of hydrogen-bond acceptors (Lipinski definition) is 2. The first kappa shape index (κ1) is 11.2. The third-order valence-corrected chi connectivity index (χ3v) is 3.05. The Morgan fingerprint density at radius 3 is 2.75 bits per heavy atom. The quantitative estimate of drug-likeness (QED) is 0.755. The molecule has 1 aromatic carbocycles. The van der Waals surface area contributed by atoms with E-state index in [0.717, 1.165) is 25.9 Å². The zero-order chi connectivity index (χ0) is 11.4. The fourth-order valence-electron chi connectivity index (χ4n) is 2.25. The summed E-state index contributed by atoms with van der Waals surface area (Å²) >= 11 is 0. The zero-order valence-electron chi connectivity index (χ0n) is 10.2. The molecule has 2 heteroatoms. The SMILES string of the molecule is CCC1=NC(C)CN1CCc1ccccc1. The summed E-state index contributed by atoms with van der Waals surface area (Å²) in [6.45, 7) is 6.57. The van der Waals surface area contributed by atoms with Crippen LogP contribution in [0, 0.1) is 0 Å². The lowest BCUT2D eigenvalue weighted by atomic mass is 10.1. The van der Waals surface area contributed by atoms with Gasteiger partial charge in [0, 0.05) is 19.5 Å². The summed E-state index contributed by atoms with van der Waals surface area (Å²) in [4.78, 5) is 7.07. The fraction of sp³-hybridized carbons (Fsp3) is 0.500. The number of benzene rings is 1. The van der Waals surface area contributed by atoms with Gasteiger partial charge in [-0.25, -0.2) is 0 Å². The van der Waals surface area contributed by atoms with Gasteiger partial charge in [0.2, 0.25) is 0 Å². The van der Waals surface area contributed by atoms with Crippen molar-refractivity contribution in [2.24, 2.45) is 4.99 Å². The van der Waals surface area contributed by atoms with Gasteiger partial charge in [0.1, 0.15) is 0 Å². The molecule has 0 saturated carbocycles. The fourth-order valence-corrected chi connectivity index (χ4v) is 2.25. The molecule has 1 aromatic rings. The predicted molar refractivity (Wildman–Crippen MR) is 68.9 cm³/mol. The standard InChI is InChI=1S/C14H20N2/c1-3-14-15-12(2)11-16(14)10-9-13-7-5-4-6-8-13/h4-8,12H,3,9-11H2,1-2H3. The van der Waals surface area contributed by atoms with Crippen LogP contribution in [0.4, 0.5) is 0 Å². The minimum Gasteiger partial charge on any atom is -0.358 e. The van der Waals surface area contributed by atoms with E-state index >= 15 is 0 Å². The molecule has 1 aliphatic heterocycles. The predicted octanol–water partition coefficient (Wildman–Crippen LogP) is 2.74. The maximum Gasteiger partial charge on any atom is 0.0991 e. The molecule has 0 bridgehead atoms. The molecule has 86 valence electrons. The molecule has 1 atom stereocenters. The van der Waals surface area contributed by atoms with Crippen molar-refractivity contribution >= 4 is 5.84 Å². The maximum absolute atomic E-state index is 4.64. The van der Waals surface area contributed by atoms with Crippen molar-refractivity contribution in [3.8, 4) is 0 Å². The second-order valence-corrected chi connectivity index (χ2v) is 4.43. The van der Waals surface area contributed by atoms with E-state index in [0.29, 0.717) is 6.04 Å². The molecule has 2 nitrogen and oxygen atoms in total. The molecular weight excluding hydrogens is 196 g/mol. The molecule has 0 aromatic heterocycles. The lowest BCUT2D eigenvalue weighted by molar-refractivity contribution is 0.429. The molecule has 0 N–H and O–H groups in total. The Labute approximate surface area is 98.0 Å². The normalized spacial score (nSPS) is 20.0. The van der Waals surface area contributed by atoms with Crippen LogP contribution in [0.5, 0.6) is 0 Å². The van der Waals surface area contributed by atoms with Crippen LogP contribution in [0.3, 0.4) is 0 Å². The van der Waals surface area contributed by atoms with E-state index in [-0.39, 0.29) is 0 Å². The van der Waals surface area contributed by atoms with Crippen molar-refractivity contribution in [1.29, 1.82) is 0 Å². The second-order valence-electron chi connectivity index (χ2n) is 4.43. The van der Waals surface area contributed by atoms with E-state index in [1.54, 1.807) is 0 Å². The zero-order valence-corrected chi connectivity index (χ0v) is 10.2. The van der Waals surface area contributed by atoms with Crippen molar-refractivity contribution < 1.29 is 0 Å². The molecule has 16 heavy (non-hydrogen) atoms. The van der Waals surface area contributed by atoms with Crippen molar-refractivity contribution in [2.75, 3.05) is 13.1 Å². The van der Waals surface area contributed by atoms with Crippen molar-refractivity contribution in [3.05, 3.63) is 35.9 Å². The minimum absolute atomic E-state index is 0.478. The summed E-state index contributed by atoms with van der Waals surface area (Å²) in [5.41, 5.74) is 1.41. The molecule has 1 aliphatic rings. The van der Waals surface area contributed by atoms with Crippen LogP contribution >= 0.6 is 0 Å². The first-order chi connectivity index (χ1) is 7.79. The Hall–Kier alpha value is -1.31. The molecule has 0 radical (unpaired) electrons. The van der Waals surface area contributed by atoms with Crippen LogP contribution < -0.4 is 0 Å². The van der Waals surface area contributed by atoms with Crippen molar-refractivity contribution in [3.63, 3.8) is 0 Å². The Morgan fingerprint density at radius 1 is 1.31 bits per heavy atom. The van der Waals surface area contributed by atoms with Crippen LogP contribution in [0.25, 0.3) is 0 Å². The Bertz CT molecular complexity index is 356. The summed E-state index contributed by atoms with van der Waals surface area (Å²) in [5.74, 6) is 1.28. The van der Waals surface area contributed by atoms with Gasteiger partial charge >= 0.3 is 0 Å². The molecule has 0 aliphatic carbocycles. The topological polar surface area (TPSA) is 15.6 Å². The van der Waals surface area contributed by atoms with Crippen LogP contribution in [0.15, 0.2) is 35.3 Å². The monoisotopic (exact) mass is 216 g/mol. The van der Waals surface area contributed by atoms with E-state index in [1.165, 1.54) is 11.4 Å². The van der Waals surface area contributed by atoms with Gasteiger partial charge in [-0.1, -0.05) is 37.3 Å². The van der Waals surface area contributed by atoms with Gasteiger partial charge in [-0.3, -0.25) is 4.99 Å². The van der Waals surface area contributed by atoms with Gasteiger partial charge in [-0.2, -0.15) is 0 Å². The lowest BCUT2D eigenvalue weighted by Gasteiger charge is -2.19. The van der Waals surface area contributed by atoms with Gasteiger partial charge in [0.25, 0.3) is 0 Å². The highest BCUT2D eigenvalue weighted by Crippen LogP contribution is 2.12. The molecule has 2 rings (SSSR count). The third kappa shape index (κ3) is 2.63. The lowest BCUT2D eigenvalue weighted by Crippen LogP contribution is -2.30. The van der Waals surface area contributed by atoms with E-state index in [9.17, 15) is 0 Å². The number of nitrogens with zero attached hydrogens (tertiary/aromatic N) is 2. The Morgan fingerprint density at radius 2 is 2.06 bits per heavy atom. The highest BCUT2D eigenvalue weighted by molar-refractivity contribution is 5.83. The summed E-state index contributed by atoms with van der Waals surface area (Å²) in [6.07, 6.45) is 2.17. The average Bonchev–Trinajstić information content (AvgIpc) is 2.68. The van der Waals surface area contributed by atoms with E-state index in [4.69, 9.17) is 0 Å². The van der Waals surface area contributed by atoms with Crippen LogP contribution in [0.1, 0.15) is 25.8 Å². The highest BCUT2D eigenvalue weighted by atomic mass is 15.2. The average molecular weight is 216 g/mol. The maximum atomic E-state index is 4.64. The van der Waals surface area contributed by atoms with Crippen LogP contribution in [0.2, 0.25) is 0 Å². The largest absolute Gasteiger partial charge is 0.358 e. The van der Waals surface area contributed by atoms with Crippen LogP contribution in [-0.4, -0.2) is 29.9 Å². The van der Waals surface area contributed by atoms with Gasteiger partial charge in [0.15, 0.2) is 0 Å². The Kier molecular flexibility index (Phi) is 3.60. The number of hydrogen-bond donors (Lipinski definition) is 0. The van der Waals surface area contributed by atoms with Crippen LogP contribution in [-0.2, 0) is 6.42 Å². The number of amidine groups is 1. The smallest absolute Gasteiger partial charge is 0.0991 e. The molecule has 1 heterocycles. The van der Waals surface area contributed by atoms with E-state index in [1.807, 2.05) is 0 Å².